The van der Waals surface area contributed by atoms with Crippen molar-refractivity contribution in [2.24, 2.45) is 7.05 Å². The number of benzene rings is 1. The molecule has 0 saturated carbocycles. The van der Waals surface area contributed by atoms with Crippen LogP contribution in [0.3, 0.4) is 0 Å². The molecule has 0 spiro atoms. The molecule has 21 heavy (non-hydrogen) atoms. The lowest BCUT2D eigenvalue weighted by Crippen LogP contribution is -2.15. The molecule has 0 bridgehead atoms. The fourth-order valence-corrected chi connectivity index (χ4v) is 3.42. The molecule has 1 heterocycles. The Bertz CT molecular complexity index is 753. The molecule has 0 aliphatic rings. The van der Waals surface area contributed by atoms with E-state index >= 15 is 0 Å². The maximum atomic E-state index is 12.5. The third-order valence-electron chi connectivity index (χ3n) is 3.06. The van der Waals surface area contributed by atoms with Crippen molar-refractivity contribution in [2.45, 2.75) is 18.4 Å². The van der Waals surface area contributed by atoms with Crippen LogP contribution >= 0.6 is 0 Å². The Hall–Kier alpha value is -2.06. The van der Waals surface area contributed by atoms with Gasteiger partial charge in [-0.1, -0.05) is 12.1 Å². The van der Waals surface area contributed by atoms with Crippen LogP contribution in [0.1, 0.15) is 11.3 Å². The summed E-state index contributed by atoms with van der Waals surface area (Å²) in [6, 6.07) is 6.98. The van der Waals surface area contributed by atoms with E-state index in [-0.39, 0.29) is 10.7 Å². The van der Waals surface area contributed by atoms with Crippen molar-refractivity contribution in [3.63, 3.8) is 0 Å². The first-order valence-corrected chi connectivity index (χ1v) is 7.73. The standard InChI is InChI=1S/C13H18N4O3S/c1-9-12(13(14)15-17(9)2)21(18,19)16-11-6-4-5-10(7-11)8-20-3/h4-7,16H,8H2,1-3H3,(H2,14,15). The highest BCUT2D eigenvalue weighted by molar-refractivity contribution is 7.93. The van der Waals surface area contributed by atoms with Gasteiger partial charge in [0.1, 0.15) is 0 Å². The fraction of sp³-hybridized carbons (Fsp3) is 0.308. The fourth-order valence-electron chi connectivity index (χ4n) is 2.04. The first-order valence-electron chi connectivity index (χ1n) is 6.25. The number of methoxy groups -OCH3 is 1. The predicted molar refractivity (Wildman–Crippen MR) is 80.3 cm³/mol. The molecule has 114 valence electrons. The van der Waals surface area contributed by atoms with Crippen LogP contribution < -0.4 is 10.5 Å². The predicted octanol–water partition coefficient (Wildman–Crippen LogP) is 1.26. The quantitative estimate of drug-likeness (QED) is 0.866. The van der Waals surface area contributed by atoms with Gasteiger partial charge in [-0.05, 0) is 24.6 Å². The van der Waals surface area contributed by atoms with E-state index in [0.717, 1.165) is 5.56 Å². The third kappa shape index (κ3) is 3.17. The van der Waals surface area contributed by atoms with Gasteiger partial charge < -0.3 is 10.5 Å². The zero-order valence-electron chi connectivity index (χ0n) is 12.1. The van der Waals surface area contributed by atoms with Crippen LogP contribution in [0.25, 0.3) is 0 Å². The lowest BCUT2D eigenvalue weighted by molar-refractivity contribution is 0.185. The van der Waals surface area contributed by atoms with Crippen LogP contribution in [-0.4, -0.2) is 25.3 Å². The van der Waals surface area contributed by atoms with Crippen LogP contribution in [0.4, 0.5) is 11.5 Å². The van der Waals surface area contributed by atoms with E-state index in [2.05, 4.69) is 9.82 Å². The summed E-state index contributed by atoms with van der Waals surface area (Å²) >= 11 is 0. The summed E-state index contributed by atoms with van der Waals surface area (Å²) < 4.78 is 33.9. The van der Waals surface area contributed by atoms with E-state index in [9.17, 15) is 8.42 Å². The number of nitrogens with zero attached hydrogens (tertiary/aromatic N) is 2. The second-order valence-electron chi connectivity index (χ2n) is 4.66. The average molecular weight is 310 g/mol. The van der Waals surface area contributed by atoms with Crippen molar-refractivity contribution in [3.8, 4) is 0 Å². The van der Waals surface area contributed by atoms with Crippen LogP contribution in [0.2, 0.25) is 0 Å². The molecule has 0 unspecified atom stereocenters. The molecule has 2 rings (SSSR count). The lowest BCUT2D eigenvalue weighted by atomic mass is 10.2. The van der Waals surface area contributed by atoms with E-state index in [4.69, 9.17) is 10.5 Å². The molecule has 1 aromatic heterocycles. The van der Waals surface area contributed by atoms with E-state index in [1.165, 1.54) is 4.68 Å². The van der Waals surface area contributed by atoms with Crippen LogP contribution in [0.15, 0.2) is 29.2 Å². The Morgan fingerprint density at radius 2 is 2.14 bits per heavy atom. The summed E-state index contributed by atoms with van der Waals surface area (Å²) in [5.74, 6) is -0.0180. The number of sulfonamides is 1. The number of hydrogen-bond donors (Lipinski definition) is 2. The van der Waals surface area contributed by atoms with E-state index < -0.39 is 10.0 Å². The molecule has 2 aromatic rings. The SMILES string of the molecule is COCc1cccc(NS(=O)(=O)c2c(N)nn(C)c2C)c1. The summed E-state index contributed by atoms with van der Waals surface area (Å²) in [6.45, 7) is 2.06. The van der Waals surface area contributed by atoms with Gasteiger partial charge in [-0.2, -0.15) is 5.10 Å². The summed E-state index contributed by atoms with van der Waals surface area (Å²) in [4.78, 5) is 0.00199. The minimum Gasteiger partial charge on any atom is -0.381 e. The molecule has 3 N–H and O–H groups in total. The Kier molecular flexibility index (Phi) is 4.19. The second-order valence-corrected chi connectivity index (χ2v) is 6.28. The number of rotatable bonds is 5. The van der Waals surface area contributed by atoms with Gasteiger partial charge in [-0.25, -0.2) is 8.42 Å². The number of ether oxygens (including phenoxy) is 1. The van der Waals surface area contributed by atoms with Crippen LogP contribution in [-0.2, 0) is 28.4 Å². The van der Waals surface area contributed by atoms with Crippen molar-refractivity contribution in [2.75, 3.05) is 17.6 Å². The largest absolute Gasteiger partial charge is 0.381 e. The maximum Gasteiger partial charge on any atom is 0.267 e. The zero-order valence-corrected chi connectivity index (χ0v) is 12.9. The minimum atomic E-state index is -3.78. The Morgan fingerprint density at radius 3 is 2.71 bits per heavy atom. The summed E-state index contributed by atoms with van der Waals surface area (Å²) in [5.41, 5.74) is 7.49. The molecular formula is C13H18N4O3S. The molecule has 0 atom stereocenters. The van der Waals surface area contributed by atoms with Gasteiger partial charge in [0, 0.05) is 19.8 Å². The molecule has 0 fully saturated rings. The zero-order chi connectivity index (χ0) is 15.6. The van der Waals surface area contributed by atoms with Crippen LogP contribution in [0.5, 0.6) is 0 Å². The molecule has 0 saturated heterocycles. The third-order valence-corrected chi connectivity index (χ3v) is 4.61. The van der Waals surface area contributed by atoms with E-state index in [1.54, 1.807) is 39.3 Å². The molecule has 0 radical (unpaired) electrons. The highest BCUT2D eigenvalue weighted by atomic mass is 32.2. The van der Waals surface area contributed by atoms with Gasteiger partial charge in [-0.3, -0.25) is 9.40 Å². The Balaban J connectivity index is 2.35. The molecular weight excluding hydrogens is 292 g/mol. The van der Waals surface area contributed by atoms with Gasteiger partial charge in [0.15, 0.2) is 10.7 Å². The average Bonchev–Trinajstić information content (AvgIpc) is 2.63. The van der Waals surface area contributed by atoms with E-state index in [1.807, 2.05) is 6.07 Å². The monoisotopic (exact) mass is 310 g/mol. The van der Waals surface area contributed by atoms with Crippen LogP contribution in [0, 0.1) is 6.92 Å². The van der Waals surface area contributed by atoms with Gasteiger partial charge >= 0.3 is 0 Å². The molecule has 0 aliphatic heterocycles. The normalized spacial score (nSPS) is 11.6. The number of hydrogen-bond acceptors (Lipinski definition) is 5. The first kappa shape index (κ1) is 15.3. The van der Waals surface area contributed by atoms with Crippen molar-refractivity contribution in [1.82, 2.24) is 9.78 Å². The Morgan fingerprint density at radius 1 is 1.43 bits per heavy atom. The van der Waals surface area contributed by atoms with Crippen molar-refractivity contribution in [3.05, 3.63) is 35.5 Å². The van der Waals surface area contributed by atoms with Gasteiger partial charge in [0.2, 0.25) is 0 Å². The van der Waals surface area contributed by atoms with Crippen molar-refractivity contribution in [1.29, 1.82) is 0 Å². The molecule has 0 amide bonds. The number of nitrogens with one attached hydrogen (secondary N) is 1. The second kappa shape index (κ2) is 5.74. The van der Waals surface area contributed by atoms with Crippen molar-refractivity contribution >= 4 is 21.5 Å². The minimum absolute atomic E-state index is 0.00199. The van der Waals surface area contributed by atoms with Gasteiger partial charge in [-0.15, -0.1) is 0 Å². The summed E-state index contributed by atoms with van der Waals surface area (Å²) in [7, 11) is -0.562. The number of aryl methyl sites for hydroxylation is 1. The maximum absolute atomic E-state index is 12.5. The Labute approximate surface area is 123 Å². The summed E-state index contributed by atoms with van der Waals surface area (Å²) in [5, 5.41) is 3.92. The topological polar surface area (TPSA) is 99.2 Å². The van der Waals surface area contributed by atoms with Crippen molar-refractivity contribution < 1.29 is 13.2 Å². The lowest BCUT2D eigenvalue weighted by Gasteiger charge is -2.09. The highest BCUT2D eigenvalue weighted by Gasteiger charge is 2.24. The number of nitrogen functional groups attached to an aromatic ring is 1. The number of nitrogens with two attached hydrogens (primary N) is 1. The smallest absolute Gasteiger partial charge is 0.267 e. The summed E-state index contributed by atoms with van der Waals surface area (Å²) in [6.07, 6.45) is 0. The first-order chi connectivity index (χ1) is 9.85. The molecule has 7 nitrogen and oxygen atoms in total. The highest BCUT2D eigenvalue weighted by Crippen LogP contribution is 2.24. The molecule has 0 aliphatic carbocycles. The number of aromatic nitrogens is 2. The van der Waals surface area contributed by atoms with Gasteiger partial charge in [0.05, 0.1) is 12.3 Å². The number of anilines is 2. The van der Waals surface area contributed by atoms with Gasteiger partial charge in [0.25, 0.3) is 10.0 Å². The molecule has 1 aromatic carbocycles. The van der Waals surface area contributed by atoms with E-state index in [0.29, 0.717) is 18.0 Å². The molecule has 8 heteroatoms.